The van der Waals surface area contributed by atoms with Gasteiger partial charge in [-0.05, 0) is 25.0 Å². The summed E-state index contributed by atoms with van der Waals surface area (Å²) in [5.41, 5.74) is 1.55. The maximum Gasteiger partial charge on any atom is 0.168 e. The molecule has 0 bridgehead atoms. The molecule has 0 spiro atoms. The van der Waals surface area contributed by atoms with Crippen LogP contribution in [0.5, 0.6) is 0 Å². The lowest BCUT2D eigenvalue weighted by Gasteiger charge is -2.18. The number of carbonyl (C=O) groups is 1. The Hall–Kier alpha value is -0.990. The van der Waals surface area contributed by atoms with Gasteiger partial charge in [-0.2, -0.15) is 0 Å². The number of fused-ring (bicyclic) bond motifs is 1. The summed E-state index contributed by atoms with van der Waals surface area (Å²) < 4.78 is 0. The van der Waals surface area contributed by atoms with E-state index in [9.17, 15) is 4.79 Å². The van der Waals surface area contributed by atoms with Gasteiger partial charge in [0.2, 0.25) is 0 Å². The Morgan fingerprint density at radius 2 is 1.71 bits per heavy atom. The first kappa shape index (κ1) is 14.9. The number of hydrogen-bond donors (Lipinski definition) is 1. The summed E-state index contributed by atoms with van der Waals surface area (Å²) in [4.78, 5) is 16.0. The highest BCUT2D eigenvalue weighted by molar-refractivity contribution is 6.39. The zero-order chi connectivity index (χ0) is 14.8. The average molecular weight is 324 g/mol. The zero-order valence-corrected chi connectivity index (χ0v) is 13.4. The molecular formula is C17H19Cl2NO. The SMILES string of the molecule is O=C(c1c[nH]c2cc(Cl)cc(Cl)c12)C1CCCCCCC1. The van der Waals surface area contributed by atoms with Gasteiger partial charge < -0.3 is 4.98 Å². The van der Waals surface area contributed by atoms with Crippen molar-refractivity contribution in [3.63, 3.8) is 0 Å². The fourth-order valence-corrected chi connectivity index (χ4v) is 3.91. The average Bonchev–Trinajstić information content (AvgIpc) is 2.81. The van der Waals surface area contributed by atoms with Crippen molar-refractivity contribution < 1.29 is 4.79 Å². The van der Waals surface area contributed by atoms with E-state index < -0.39 is 0 Å². The van der Waals surface area contributed by atoms with Crippen LogP contribution >= 0.6 is 23.2 Å². The lowest BCUT2D eigenvalue weighted by atomic mass is 9.85. The predicted octanol–water partition coefficient (Wildman–Crippen LogP) is 6.02. The van der Waals surface area contributed by atoms with Crippen molar-refractivity contribution >= 4 is 39.9 Å². The first-order valence-electron chi connectivity index (χ1n) is 7.67. The Balaban J connectivity index is 1.93. The number of halogens is 2. The van der Waals surface area contributed by atoms with Gasteiger partial charge in [0.25, 0.3) is 0 Å². The lowest BCUT2D eigenvalue weighted by molar-refractivity contribution is 0.0900. The van der Waals surface area contributed by atoms with Crippen LogP contribution in [0.25, 0.3) is 10.9 Å². The number of rotatable bonds is 2. The normalized spacial score (nSPS) is 17.6. The minimum atomic E-state index is 0.135. The third kappa shape index (κ3) is 3.12. The first-order chi connectivity index (χ1) is 10.2. The topological polar surface area (TPSA) is 32.9 Å². The Morgan fingerprint density at radius 3 is 2.43 bits per heavy atom. The number of nitrogens with one attached hydrogen (secondary N) is 1. The van der Waals surface area contributed by atoms with Crippen LogP contribution in [0, 0.1) is 5.92 Å². The van der Waals surface area contributed by atoms with Gasteiger partial charge in [0.1, 0.15) is 0 Å². The molecule has 0 radical (unpaired) electrons. The van der Waals surface area contributed by atoms with Gasteiger partial charge in [0.15, 0.2) is 5.78 Å². The van der Waals surface area contributed by atoms with E-state index in [0.717, 1.165) is 42.1 Å². The van der Waals surface area contributed by atoms with Gasteiger partial charge in [0, 0.05) is 33.6 Å². The first-order valence-corrected chi connectivity index (χ1v) is 8.43. The van der Waals surface area contributed by atoms with Crippen LogP contribution < -0.4 is 0 Å². The number of H-pyrrole nitrogens is 1. The summed E-state index contributed by atoms with van der Waals surface area (Å²) in [5.74, 6) is 0.364. The minimum Gasteiger partial charge on any atom is -0.360 e. The van der Waals surface area contributed by atoms with Crippen molar-refractivity contribution in [1.29, 1.82) is 0 Å². The number of Topliss-reactive ketones (excluding diaryl/α,β-unsaturated/α-hetero) is 1. The highest BCUT2D eigenvalue weighted by Gasteiger charge is 2.24. The number of benzene rings is 1. The summed E-state index contributed by atoms with van der Waals surface area (Å²) in [7, 11) is 0. The van der Waals surface area contributed by atoms with E-state index in [4.69, 9.17) is 23.2 Å². The molecule has 0 aliphatic heterocycles. The van der Waals surface area contributed by atoms with Crippen LogP contribution in [0.4, 0.5) is 0 Å². The fourth-order valence-electron chi connectivity index (χ4n) is 3.32. The van der Waals surface area contributed by atoms with Gasteiger partial charge in [-0.25, -0.2) is 0 Å². The summed E-state index contributed by atoms with van der Waals surface area (Å²) in [6.07, 6.45) is 9.87. The summed E-state index contributed by atoms with van der Waals surface area (Å²) in [6, 6.07) is 3.52. The quantitative estimate of drug-likeness (QED) is 0.673. The Labute approximate surface area is 134 Å². The zero-order valence-electron chi connectivity index (χ0n) is 11.9. The van der Waals surface area contributed by atoms with Gasteiger partial charge in [0.05, 0.1) is 5.02 Å². The van der Waals surface area contributed by atoms with Crippen LogP contribution in [0.15, 0.2) is 18.3 Å². The standard InChI is InChI=1S/C17H19Cl2NO/c18-12-8-14(19)16-13(10-20-15(16)9-12)17(21)11-6-4-2-1-3-5-7-11/h8-11,20H,1-7H2. The molecule has 1 aromatic carbocycles. The number of ketones is 1. The molecule has 1 heterocycles. The van der Waals surface area contributed by atoms with Crippen molar-refractivity contribution in [1.82, 2.24) is 4.98 Å². The van der Waals surface area contributed by atoms with Crippen molar-refractivity contribution in [2.75, 3.05) is 0 Å². The molecule has 112 valence electrons. The number of hydrogen-bond acceptors (Lipinski definition) is 1. The maximum atomic E-state index is 12.9. The molecule has 2 nitrogen and oxygen atoms in total. The second-order valence-corrected chi connectivity index (χ2v) is 6.76. The summed E-state index contributed by atoms with van der Waals surface area (Å²) in [6.45, 7) is 0. The lowest BCUT2D eigenvalue weighted by Crippen LogP contribution is -2.16. The largest absolute Gasteiger partial charge is 0.360 e. The van der Waals surface area contributed by atoms with E-state index in [1.807, 2.05) is 6.07 Å². The van der Waals surface area contributed by atoms with Gasteiger partial charge >= 0.3 is 0 Å². The molecule has 0 atom stereocenters. The van der Waals surface area contributed by atoms with E-state index in [1.165, 1.54) is 19.3 Å². The highest BCUT2D eigenvalue weighted by Crippen LogP contribution is 2.33. The van der Waals surface area contributed by atoms with E-state index in [1.54, 1.807) is 12.3 Å². The monoisotopic (exact) mass is 323 g/mol. The Kier molecular flexibility index (Phi) is 4.56. The molecule has 1 fully saturated rings. The van der Waals surface area contributed by atoms with Crippen molar-refractivity contribution in [2.24, 2.45) is 5.92 Å². The van der Waals surface area contributed by atoms with Gasteiger partial charge in [-0.1, -0.05) is 55.3 Å². The summed E-state index contributed by atoms with van der Waals surface area (Å²) >= 11 is 12.3. The van der Waals surface area contributed by atoms with Crippen molar-refractivity contribution in [3.8, 4) is 0 Å². The predicted molar refractivity (Wildman–Crippen MR) is 88.5 cm³/mol. The van der Waals surface area contributed by atoms with Crippen molar-refractivity contribution in [3.05, 3.63) is 33.9 Å². The Bertz CT molecular complexity index is 654. The molecule has 1 N–H and O–H groups in total. The molecular weight excluding hydrogens is 305 g/mol. The van der Waals surface area contributed by atoms with E-state index in [0.29, 0.717) is 10.0 Å². The number of aromatic nitrogens is 1. The third-order valence-corrected chi connectivity index (χ3v) is 4.95. The molecule has 2 aromatic rings. The minimum absolute atomic E-state index is 0.135. The molecule has 21 heavy (non-hydrogen) atoms. The van der Waals surface area contributed by atoms with Crippen molar-refractivity contribution in [2.45, 2.75) is 44.9 Å². The van der Waals surface area contributed by atoms with Gasteiger partial charge in [-0.15, -0.1) is 0 Å². The van der Waals surface area contributed by atoms with Crippen LogP contribution in [0.3, 0.4) is 0 Å². The summed E-state index contributed by atoms with van der Waals surface area (Å²) in [5, 5.41) is 1.94. The number of carbonyl (C=O) groups excluding carboxylic acids is 1. The van der Waals surface area contributed by atoms with E-state index >= 15 is 0 Å². The third-order valence-electron chi connectivity index (χ3n) is 4.44. The fraction of sp³-hybridized carbons (Fsp3) is 0.471. The molecule has 1 aliphatic carbocycles. The maximum absolute atomic E-state index is 12.9. The molecule has 1 aliphatic rings. The van der Waals surface area contributed by atoms with Crippen LogP contribution in [-0.4, -0.2) is 10.8 Å². The molecule has 0 unspecified atom stereocenters. The van der Waals surface area contributed by atoms with Crippen LogP contribution in [-0.2, 0) is 0 Å². The van der Waals surface area contributed by atoms with E-state index in [2.05, 4.69) is 4.98 Å². The molecule has 1 saturated carbocycles. The highest BCUT2D eigenvalue weighted by atomic mass is 35.5. The second kappa shape index (κ2) is 6.41. The molecule has 3 rings (SSSR count). The van der Waals surface area contributed by atoms with Crippen LogP contribution in [0.1, 0.15) is 55.3 Å². The molecule has 0 saturated heterocycles. The van der Waals surface area contributed by atoms with E-state index in [-0.39, 0.29) is 11.7 Å². The molecule has 4 heteroatoms. The second-order valence-electron chi connectivity index (χ2n) is 5.92. The molecule has 0 amide bonds. The molecule has 1 aromatic heterocycles. The Morgan fingerprint density at radius 1 is 1.05 bits per heavy atom. The smallest absolute Gasteiger partial charge is 0.168 e. The van der Waals surface area contributed by atoms with Crippen LogP contribution in [0.2, 0.25) is 10.0 Å². The van der Waals surface area contributed by atoms with Gasteiger partial charge in [-0.3, -0.25) is 4.79 Å². The number of aromatic amines is 1.